The van der Waals surface area contributed by atoms with Crippen LogP contribution >= 0.6 is 12.4 Å². The summed E-state index contributed by atoms with van der Waals surface area (Å²) in [6.45, 7) is 3.21. The molecule has 22 heavy (non-hydrogen) atoms. The van der Waals surface area contributed by atoms with Gasteiger partial charge in [0.25, 0.3) is 0 Å². The van der Waals surface area contributed by atoms with E-state index in [4.69, 9.17) is 5.73 Å². The maximum absolute atomic E-state index is 11.9. The van der Waals surface area contributed by atoms with Crippen molar-refractivity contribution in [2.75, 3.05) is 0 Å². The molecule has 1 aromatic carbocycles. The molecule has 0 spiro atoms. The highest BCUT2D eigenvalue weighted by atomic mass is 35.5. The molecule has 1 atom stereocenters. The number of hydrogen-bond acceptors (Lipinski definition) is 3. The summed E-state index contributed by atoms with van der Waals surface area (Å²) < 4.78 is 1.86. The third kappa shape index (κ3) is 5.16. The molecule has 0 fully saturated rings. The van der Waals surface area contributed by atoms with Crippen LogP contribution in [0, 0.1) is 0 Å². The zero-order valence-electron chi connectivity index (χ0n) is 12.7. The SMILES string of the molecule is CCCC(N)C(=O)NCc1ccccc1Cn1cccn1.Cl. The molecule has 3 N–H and O–H groups in total. The minimum atomic E-state index is -0.423. The monoisotopic (exact) mass is 322 g/mol. The van der Waals surface area contributed by atoms with Gasteiger partial charge in [0.2, 0.25) is 5.91 Å². The van der Waals surface area contributed by atoms with Crippen LogP contribution in [0.1, 0.15) is 30.9 Å². The lowest BCUT2D eigenvalue weighted by Crippen LogP contribution is -2.40. The molecule has 5 nitrogen and oxygen atoms in total. The fraction of sp³-hybridized carbons (Fsp3) is 0.375. The molecular weight excluding hydrogens is 300 g/mol. The van der Waals surface area contributed by atoms with E-state index in [2.05, 4.69) is 16.5 Å². The summed E-state index contributed by atoms with van der Waals surface area (Å²) in [5.74, 6) is -0.0919. The maximum atomic E-state index is 11.9. The van der Waals surface area contributed by atoms with Gasteiger partial charge in [-0.15, -0.1) is 12.4 Å². The van der Waals surface area contributed by atoms with E-state index in [0.29, 0.717) is 19.5 Å². The van der Waals surface area contributed by atoms with Crippen LogP contribution in [0.2, 0.25) is 0 Å². The van der Waals surface area contributed by atoms with Gasteiger partial charge in [-0.1, -0.05) is 37.6 Å². The molecule has 0 saturated carbocycles. The van der Waals surface area contributed by atoms with E-state index in [1.54, 1.807) is 6.20 Å². The van der Waals surface area contributed by atoms with Crippen molar-refractivity contribution in [3.8, 4) is 0 Å². The molecular formula is C16H23ClN4O. The van der Waals surface area contributed by atoms with Gasteiger partial charge in [0.15, 0.2) is 0 Å². The molecule has 0 aliphatic heterocycles. The Bertz CT molecular complexity index is 571. The molecule has 120 valence electrons. The number of halogens is 1. The van der Waals surface area contributed by atoms with Crippen molar-refractivity contribution < 1.29 is 4.79 Å². The predicted molar refractivity (Wildman–Crippen MR) is 89.7 cm³/mol. The minimum absolute atomic E-state index is 0. The quantitative estimate of drug-likeness (QED) is 0.820. The standard InChI is InChI=1S/C16H22N4O.ClH/c1-2-6-15(17)16(21)18-11-13-7-3-4-8-14(13)12-20-10-5-9-19-20;/h3-5,7-10,15H,2,6,11-12,17H2,1H3,(H,18,21);1H. The van der Waals surface area contributed by atoms with E-state index in [0.717, 1.165) is 17.5 Å². The first-order valence-electron chi connectivity index (χ1n) is 7.28. The molecule has 0 saturated heterocycles. The van der Waals surface area contributed by atoms with Crippen molar-refractivity contribution in [3.05, 3.63) is 53.9 Å². The van der Waals surface area contributed by atoms with E-state index in [1.165, 1.54) is 0 Å². The number of rotatable bonds is 7. The highest BCUT2D eigenvalue weighted by Crippen LogP contribution is 2.10. The van der Waals surface area contributed by atoms with Crippen LogP contribution in [-0.2, 0) is 17.9 Å². The van der Waals surface area contributed by atoms with E-state index in [9.17, 15) is 4.79 Å². The first-order chi connectivity index (χ1) is 10.2. The molecule has 1 unspecified atom stereocenters. The van der Waals surface area contributed by atoms with Gasteiger partial charge in [0.1, 0.15) is 0 Å². The smallest absolute Gasteiger partial charge is 0.237 e. The lowest BCUT2D eigenvalue weighted by Gasteiger charge is -2.13. The summed E-state index contributed by atoms with van der Waals surface area (Å²) in [7, 11) is 0. The lowest BCUT2D eigenvalue weighted by molar-refractivity contribution is -0.122. The minimum Gasteiger partial charge on any atom is -0.351 e. The number of nitrogens with zero attached hydrogens (tertiary/aromatic N) is 2. The number of hydrogen-bond donors (Lipinski definition) is 2. The topological polar surface area (TPSA) is 72.9 Å². The van der Waals surface area contributed by atoms with Gasteiger partial charge in [-0.25, -0.2) is 0 Å². The third-order valence-electron chi connectivity index (χ3n) is 3.40. The first-order valence-corrected chi connectivity index (χ1v) is 7.28. The molecule has 0 aliphatic rings. The lowest BCUT2D eigenvalue weighted by atomic mass is 10.1. The van der Waals surface area contributed by atoms with E-state index in [1.807, 2.05) is 42.1 Å². The summed E-state index contributed by atoms with van der Waals surface area (Å²) in [5.41, 5.74) is 8.05. The number of nitrogens with two attached hydrogens (primary N) is 1. The number of carbonyl (C=O) groups excluding carboxylic acids is 1. The maximum Gasteiger partial charge on any atom is 0.237 e. The molecule has 0 bridgehead atoms. The second kappa shape index (κ2) is 9.23. The fourth-order valence-corrected chi connectivity index (χ4v) is 2.21. The Kier molecular flexibility index (Phi) is 7.63. The normalized spacial score (nSPS) is 11.5. The summed E-state index contributed by atoms with van der Waals surface area (Å²) in [4.78, 5) is 11.9. The molecule has 0 radical (unpaired) electrons. The Labute approximate surface area is 137 Å². The number of benzene rings is 1. The Morgan fingerprint density at radius 2 is 2.05 bits per heavy atom. The highest BCUT2D eigenvalue weighted by molar-refractivity contribution is 5.85. The third-order valence-corrected chi connectivity index (χ3v) is 3.40. The van der Waals surface area contributed by atoms with Crippen LogP contribution in [0.5, 0.6) is 0 Å². The molecule has 6 heteroatoms. The van der Waals surface area contributed by atoms with Crippen LogP contribution in [0.3, 0.4) is 0 Å². The van der Waals surface area contributed by atoms with Crippen molar-refractivity contribution >= 4 is 18.3 Å². The van der Waals surface area contributed by atoms with E-state index < -0.39 is 6.04 Å². The molecule has 1 amide bonds. The second-order valence-electron chi connectivity index (χ2n) is 5.09. The number of aromatic nitrogens is 2. The van der Waals surface area contributed by atoms with Crippen molar-refractivity contribution in [1.82, 2.24) is 15.1 Å². The number of amides is 1. The van der Waals surface area contributed by atoms with Crippen LogP contribution in [0.4, 0.5) is 0 Å². The van der Waals surface area contributed by atoms with Gasteiger partial charge in [-0.3, -0.25) is 9.48 Å². The van der Waals surface area contributed by atoms with Gasteiger partial charge in [-0.05, 0) is 23.6 Å². The van der Waals surface area contributed by atoms with Gasteiger partial charge in [0.05, 0.1) is 12.6 Å². The molecule has 2 aromatic rings. The molecule has 1 aromatic heterocycles. The molecule has 2 rings (SSSR count). The van der Waals surface area contributed by atoms with Gasteiger partial charge >= 0.3 is 0 Å². The van der Waals surface area contributed by atoms with E-state index >= 15 is 0 Å². The predicted octanol–water partition coefficient (Wildman–Crippen LogP) is 2.10. The average molecular weight is 323 g/mol. The molecule has 1 heterocycles. The number of nitrogens with one attached hydrogen (secondary N) is 1. The van der Waals surface area contributed by atoms with Gasteiger partial charge in [-0.2, -0.15) is 5.10 Å². The number of carbonyl (C=O) groups is 1. The van der Waals surface area contributed by atoms with Crippen LogP contribution in [0.15, 0.2) is 42.7 Å². The van der Waals surface area contributed by atoms with Crippen molar-refractivity contribution in [2.45, 2.75) is 38.9 Å². The van der Waals surface area contributed by atoms with Gasteiger partial charge < -0.3 is 11.1 Å². The highest BCUT2D eigenvalue weighted by Gasteiger charge is 2.12. The van der Waals surface area contributed by atoms with Crippen LogP contribution in [0.25, 0.3) is 0 Å². The Morgan fingerprint density at radius 3 is 2.68 bits per heavy atom. The Morgan fingerprint density at radius 1 is 1.32 bits per heavy atom. The zero-order valence-corrected chi connectivity index (χ0v) is 13.6. The van der Waals surface area contributed by atoms with Crippen molar-refractivity contribution in [3.63, 3.8) is 0 Å². The average Bonchev–Trinajstić information content (AvgIpc) is 2.99. The Hall–Kier alpha value is -1.85. The first kappa shape index (κ1) is 18.2. The molecule has 0 aliphatic carbocycles. The van der Waals surface area contributed by atoms with Crippen LogP contribution in [-0.4, -0.2) is 21.7 Å². The summed E-state index contributed by atoms with van der Waals surface area (Å²) in [6.07, 6.45) is 5.30. The Balaban J connectivity index is 0.00000242. The second-order valence-corrected chi connectivity index (χ2v) is 5.09. The van der Waals surface area contributed by atoms with Crippen molar-refractivity contribution in [2.24, 2.45) is 5.73 Å². The fourth-order valence-electron chi connectivity index (χ4n) is 2.21. The summed E-state index contributed by atoms with van der Waals surface area (Å²) in [5, 5.41) is 7.12. The van der Waals surface area contributed by atoms with Crippen LogP contribution < -0.4 is 11.1 Å². The van der Waals surface area contributed by atoms with Gasteiger partial charge in [0, 0.05) is 18.9 Å². The summed E-state index contributed by atoms with van der Waals surface area (Å²) in [6, 6.07) is 9.51. The van der Waals surface area contributed by atoms with E-state index in [-0.39, 0.29) is 18.3 Å². The summed E-state index contributed by atoms with van der Waals surface area (Å²) >= 11 is 0. The largest absolute Gasteiger partial charge is 0.351 e. The zero-order chi connectivity index (χ0) is 15.1. The van der Waals surface area contributed by atoms with Crippen molar-refractivity contribution in [1.29, 1.82) is 0 Å².